The van der Waals surface area contributed by atoms with E-state index in [1.807, 2.05) is 30.3 Å². The topological polar surface area (TPSA) is 72.5 Å². The lowest BCUT2D eigenvalue weighted by atomic mass is 10.1. The standard InChI is InChI=1S/C25H23ClO7/c1-28-20-11-16(12-21(29-2)23(20)30-3)24(27)31-13-17-9-19(26)10-18-14-32-25(33-22(17)18)15-7-5-4-6-8-15/h4-12,25H,13-14H2,1-3H3/t25-/m1/s1. The minimum Gasteiger partial charge on any atom is -0.493 e. The van der Waals surface area contributed by atoms with Gasteiger partial charge in [0.25, 0.3) is 0 Å². The highest BCUT2D eigenvalue weighted by Gasteiger charge is 2.26. The molecule has 1 aliphatic rings. The lowest BCUT2D eigenvalue weighted by molar-refractivity contribution is -0.112. The zero-order chi connectivity index (χ0) is 23.4. The maximum atomic E-state index is 12.8. The maximum absolute atomic E-state index is 12.8. The molecule has 172 valence electrons. The van der Waals surface area contributed by atoms with E-state index in [4.69, 9.17) is 40.0 Å². The first-order chi connectivity index (χ1) is 16.0. The Bertz CT molecular complexity index is 1120. The quantitative estimate of drug-likeness (QED) is 0.432. The smallest absolute Gasteiger partial charge is 0.338 e. The molecule has 0 amide bonds. The molecule has 0 radical (unpaired) electrons. The van der Waals surface area contributed by atoms with E-state index >= 15 is 0 Å². The van der Waals surface area contributed by atoms with Gasteiger partial charge in [-0.05, 0) is 24.3 Å². The Hall–Kier alpha value is -3.42. The zero-order valence-electron chi connectivity index (χ0n) is 18.4. The Morgan fingerprint density at radius 1 is 1.00 bits per heavy atom. The van der Waals surface area contributed by atoms with Gasteiger partial charge in [-0.15, -0.1) is 0 Å². The van der Waals surface area contributed by atoms with Gasteiger partial charge in [0.2, 0.25) is 12.0 Å². The molecule has 1 aliphatic heterocycles. The second-order valence-corrected chi connectivity index (χ2v) is 7.65. The Balaban J connectivity index is 1.56. The predicted molar refractivity (Wildman–Crippen MR) is 121 cm³/mol. The highest BCUT2D eigenvalue weighted by molar-refractivity contribution is 6.30. The van der Waals surface area contributed by atoms with Crippen LogP contribution in [0.5, 0.6) is 23.0 Å². The molecule has 33 heavy (non-hydrogen) atoms. The first-order valence-electron chi connectivity index (χ1n) is 10.2. The van der Waals surface area contributed by atoms with E-state index in [2.05, 4.69) is 0 Å². The molecule has 8 heteroatoms. The summed E-state index contributed by atoms with van der Waals surface area (Å²) in [5, 5.41) is 0.498. The first kappa shape index (κ1) is 22.8. The van der Waals surface area contributed by atoms with Crippen LogP contribution in [-0.4, -0.2) is 27.3 Å². The molecule has 1 atom stereocenters. The van der Waals surface area contributed by atoms with Crippen molar-refractivity contribution in [3.63, 3.8) is 0 Å². The Morgan fingerprint density at radius 2 is 1.70 bits per heavy atom. The molecule has 4 rings (SSSR count). The molecule has 3 aromatic carbocycles. The number of carbonyl (C=O) groups excluding carboxylic acids is 1. The number of fused-ring (bicyclic) bond motifs is 1. The van der Waals surface area contributed by atoms with Gasteiger partial charge in [-0.1, -0.05) is 41.9 Å². The van der Waals surface area contributed by atoms with E-state index in [0.29, 0.717) is 40.2 Å². The van der Waals surface area contributed by atoms with Crippen LogP contribution in [0.4, 0.5) is 0 Å². The number of ether oxygens (including phenoxy) is 6. The molecular formula is C25H23ClO7. The molecule has 0 unspecified atom stereocenters. The summed E-state index contributed by atoms with van der Waals surface area (Å²) in [5.74, 6) is 1.14. The van der Waals surface area contributed by atoms with Crippen molar-refractivity contribution in [2.75, 3.05) is 21.3 Å². The maximum Gasteiger partial charge on any atom is 0.338 e. The number of rotatable bonds is 7. The number of carbonyl (C=O) groups is 1. The number of esters is 1. The van der Waals surface area contributed by atoms with E-state index in [1.165, 1.54) is 33.5 Å². The normalized spacial score (nSPS) is 14.6. The number of hydrogen-bond donors (Lipinski definition) is 0. The van der Waals surface area contributed by atoms with Gasteiger partial charge in [0.05, 0.1) is 33.5 Å². The largest absolute Gasteiger partial charge is 0.493 e. The minimum absolute atomic E-state index is 0.0418. The number of hydrogen-bond acceptors (Lipinski definition) is 7. The molecule has 0 N–H and O–H groups in total. The van der Waals surface area contributed by atoms with E-state index in [9.17, 15) is 4.79 Å². The molecule has 3 aromatic rings. The van der Waals surface area contributed by atoms with Crippen LogP contribution in [0.25, 0.3) is 0 Å². The van der Waals surface area contributed by atoms with Crippen molar-refractivity contribution in [1.82, 2.24) is 0 Å². The van der Waals surface area contributed by atoms with Gasteiger partial charge in [-0.25, -0.2) is 4.79 Å². The second kappa shape index (κ2) is 10.0. The van der Waals surface area contributed by atoms with Crippen molar-refractivity contribution in [1.29, 1.82) is 0 Å². The van der Waals surface area contributed by atoms with E-state index in [1.54, 1.807) is 12.1 Å². The van der Waals surface area contributed by atoms with Crippen molar-refractivity contribution in [2.45, 2.75) is 19.5 Å². The van der Waals surface area contributed by atoms with Crippen LogP contribution in [0.3, 0.4) is 0 Å². The van der Waals surface area contributed by atoms with E-state index in [0.717, 1.165) is 11.1 Å². The van der Waals surface area contributed by atoms with E-state index < -0.39 is 12.3 Å². The van der Waals surface area contributed by atoms with Crippen LogP contribution in [0, 0.1) is 0 Å². The van der Waals surface area contributed by atoms with Gasteiger partial charge < -0.3 is 28.4 Å². The first-order valence-corrected chi connectivity index (χ1v) is 10.5. The molecular weight excluding hydrogens is 448 g/mol. The zero-order valence-corrected chi connectivity index (χ0v) is 19.2. The van der Waals surface area contributed by atoms with Crippen molar-refractivity contribution >= 4 is 17.6 Å². The SMILES string of the molecule is COc1cc(C(=O)OCc2cc(Cl)cc3c2O[C@H](c2ccccc2)OC3)cc(OC)c1OC. The predicted octanol–water partition coefficient (Wildman–Crippen LogP) is 5.33. The molecule has 0 saturated heterocycles. The van der Waals surface area contributed by atoms with Gasteiger partial charge in [-0.3, -0.25) is 0 Å². The van der Waals surface area contributed by atoms with Crippen LogP contribution in [0.1, 0.15) is 33.3 Å². The van der Waals surface area contributed by atoms with Gasteiger partial charge in [-0.2, -0.15) is 0 Å². The molecule has 0 bridgehead atoms. The molecule has 0 fully saturated rings. The summed E-state index contributed by atoms with van der Waals surface area (Å²) in [5.41, 5.74) is 2.57. The van der Waals surface area contributed by atoms with Crippen molar-refractivity contribution in [2.24, 2.45) is 0 Å². The van der Waals surface area contributed by atoms with Crippen molar-refractivity contribution < 1.29 is 33.2 Å². The Labute approximate surface area is 196 Å². The highest BCUT2D eigenvalue weighted by Crippen LogP contribution is 2.40. The van der Waals surface area contributed by atoms with Gasteiger partial charge in [0, 0.05) is 21.7 Å². The fourth-order valence-corrected chi connectivity index (χ4v) is 3.85. The molecule has 0 spiro atoms. The fraction of sp³-hybridized carbons (Fsp3) is 0.240. The highest BCUT2D eigenvalue weighted by atomic mass is 35.5. The summed E-state index contributed by atoms with van der Waals surface area (Å²) in [6, 6.07) is 16.2. The lowest BCUT2D eigenvalue weighted by Gasteiger charge is -2.28. The molecule has 0 saturated carbocycles. The van der Waals surface area contributed by atoms with Crippen molar-refractivity contribution in [3.8, 4) is 23.0 Å². The van der Waals surface area contributed by atoms with Gasteiger partial charge in [0.15, 0.2) is 11.5 Å². The van der Waals surface area contributed by atoms with Crippen molar-refractivity contribution in [3.05, 3.63) is 81.9 Å². The molecule has 0 aromatic heterocycles. The third-order valence-corrected chi connectivity index (χ3v) is 5.37. The molecule has 7 nitrogen and oxygen atoms in total. The molecule has 0 aliphatic carbocycles. The Kier molecular flexibility index (Phi) is 6.91. The van der Waals surface area contributed by atoms with Crippen LogP contribution in [0.15, 0.2) is 54.6 Å². The summed E-state index contributed by atoms with van der Waals surface area (Å²) in [7, 11) is 4.45. The number of benzene rings is 3. The fourth-order valence-electron chi connectivity index (χ4n) is 3.58. The summed E-state index contributed by atoms with van der Waals surface area (Å²) < 4.78 is 33.5. The van der Waals surface area contributed by atoms with Crippen LogP contribution in [-0.2, 0) is 22.7 Å². The summed E-state index contributed by atoms with van der Waals surface area (Å²) in [4.78, 5) is 12.8. The lowest BCUT2D eigenvalue weighted by Crippen LogP contribution is -2.19. The van der Waals surface area contributed by atoms with Crippen LogP contribution in [0.2, 0.25) is 5.02 Å². The van der Waals surface area contributed by atoms with Crippen LogP contribution >= 0.6 is 11.6 Å². The third-order valence-electron chi connectivity index (χ3n) is 5.15. The Morgan fingerprint density at radius 3 is 2.33 bits per heavy atom. The second-order valence-electron chi connectivity index (χ2n) is 7.21. The van der Waals surface area contributed by atoms with Crippen LogP contribution < -0.4 is 18.9 Å². The summed E-state index contributed by atoms with van der Waals surface area (Å²) in [6.07, 6.45) is -0.565. The van der Waals surface area contributed by atoms with E-state index in [-0.39, 0.29) is 12.2 Å². The number of methoxy groups -OCH3 is 3. The molecule has 1 heterocycles. The van der Waals surface area contributed by atoms with Gasteiger partial charge >= 0.3 is 5.97 Å². The third kappa shape index (κ3) is 4.84. The minimum atomic E-state index is -0.565. The summed E-state index contributed by atoms with van der Waals surface area (Å²) >= 11 is 6.28. The monoisotopic (exact) mass is 470 g/mol. The average molecular weight is 471 g/mol. The van der Waals surface area contributed by atoms with Gasteiger partial charge in [0.1, 0.15) is 12.4 Å². The average Bonchev–Trinajstić information content (AvgIpc) is 2.86. The number of halogens is 1. The summed E-state index contributed by atoms with van der Waals surface area (Å²) in [6.45, 7) is 0.281.